The molecule has 8 heteroatoms. The molecule has 0 unspecified atom stereocenters. The second-order valence-electron chi connectivity index (χ2n) is 7.64. The first-order valence-corrected chi connectivity index (χ1v) is 11.3. The van der Waals surface area contributed by atoms with Crippen LogP contribution >= 0.6 is 15.9 Å². The van der Waals surface area contributed by atoms with Gasteiger partial charge in [-0.1, -0.05) is 36.4 Å². The lowest BCUT2D eigenvalue weighted by molar-refractivity contribution is -0.123. The van der Waals surface area contributed by atoms with Crippen LogP contribution in [0.3, 0.4) is 0 Å². The minimum Gasteiger partial charge on any atom is -0.483 e. The van der Waals surface area contributed by atoms with Crippen molar-refractivity contribution < 1.29 is 19.1 Å². The van der Waals surface area contributed by atoms with Crippen LogP contribution in [0.15, 0.2) is 77.3 Å². The van der Waals surface area contributed by atoms with E-state index in [0.717, 1.165) is 28.4 Å². The van der Waals surface area contributed by atoms with Crippen LogP contribution in [0.2, 0.25) is 0 Å². The molecule has 0 saturated heterocycles. The van der Waals surface area contributed by atoms with Crippen molar-refractivity contribution in [1.29, 1.82) is 0 Å². The molecule has 0 aliphatic heterocycles. The summed E-state index contributed by atoms with van der Waals surface area (Å²) in [5, 5.41) is 2.81. The van der Waals surface area contributed by atoms with E-state index in [4.69, 9.17) is 4.74 Å². The minimum atomic E-state index is -0.504. The van der Waals surface area contributed by atoms with E-state index in [9.17, 15) is 14.4 Å². The molecule has 3 amide bonds. The van der Waals surface area contributed by atoms with Gasteiger partial charge in [0.1, 0.15) is 5.75 Å². The number of hydrogen-bond acceptors (Lipinski definition) is 4. The number of benzene rings is 3. The second-order valence-corrected chi connectivity index (χ2v) is 8.50. The van der Waals surface area contributed by atoms with Crippen LogP contribution in [0.1, 0.15) is 23.2 Å². The van der Waals surface area contributed by atoms with Crippen LogP contribution in [0, 0.1) is 5.92 Å². The topological polar surface area (TPSA) is 96.5 Å². The molecule has 168 valence electrons. The van der Waals surface area contributed by atoms with Crippen molar-refractivity contribution in [2.75, 3.05) is 11.9 Å². The Morgan fingerprint density at radius 3 is 2.27 bits per heavy atom. The molecular weight excluding hydrogens is 486 g/mol. The lowest BCUT2D eigenvalue weighted by atomic mass is 10.1. The van der Waals surface area contributed by atoms with Crippen molar-refractivity contribution in [2.45, 2.75) is 12.8 Å². The molecule has 0 aromatic heterocycles. The molecule has 0 radical (unpaired) electrons. The number of amides is 3. The van der Waals surface area contributed by atoms with Crippen molar-refractivity contribution >= 4 is 39.3 Å². The first kappa shape index (κ1) is 22.5. The Kier molecular flexibility index (Phi) is 7.04. The zero-order chi connectivity index (χ0) is 23.2. The summed E-state index contributed by atoms with van der Waals surface area (Å²) < 4.78 is 6.27. The van der Waals surface area contributed by atoms with Crippen molar-refractivity contribution in [2.24, 2.45) is 5.92 Å². The number of anilines is 1. The fraction of sp³-hybridized carbons (Fsp3) is 0.160. The summed E-state index contributed by atoms with van der Waals surface area (Å²) in [6.45, 7) is -0.268. The average molecular weight is 508 g/mol. The molecule has 4 rings (SSSR count). The molecule has 3 N–H and O–H groups in total. The fourth-order valence-electron chi connectivity index (χ4n) is 3.10. The Balaban J connectivity index is 1.23. The zero-order valence-corrected chi connectivity index (χ0v) is 19.2. The third-order valence-corrected chi connectivity index (χ3v) is 5.70. The van der Waals surface area contributed by atoms with Gasteiger partial charge in [-0.25, -0.2) is 0 Å². The van der Waals surface area contributed by atoms with Crippen LogP contribution in [0.4, 0.5) is 5.69 Å². The van der Waals surface area contributed by atoms with Gasteiger partial charge in [0, 0.05) is 17.2 Å². The predicted molar refractivity (Wildman–Crippen MR) is 128 cm³/mol. The number of carbonyl (C=O) groups is 3. The normalized spacial score (nSPS) is 12.5. The highest BCUT2D eigenvalue weighted by molar-refractivity contribution is 9.10. The van der Waals surface area contributed by atoms with Gasteiger partial charge in [-0.05, 0) is 76.3 Å². The molecule has 1 saturated carbocycles. The van der Waals surface area contributed by atoms with E-state index >= 15 is 0 Å². The maximum Gasteiger partial charge on any atom is 0.276 e. The summed E-state index contributed by atoms with van der Waals surface area (Å²) in [5.41, 5.74) is 7.75. The molecule has 7 nitrogen and oxygen atoms in total. The summed E-state index contributed by atoms with van der Waals surface area (Å²) in [6, 6.07) is 22.0. The molecule has 0 atom stereocenters. The number of rotatable bonds is 7. The van der Waals surface area contributed by atoms with Crippen molar-refractivity contribution in [3.05, 3.63) is 82.8 Å². The summed E-state index contributed by atoms with van der Waals surface area (Å²) in [7, 11) is 0. The predicted octanol–water partition coefficient (Wildman–Crippen LogP) is 4.30. The average Bonchev–Trinajstić information content (AvgIpc) is 3.68. The first-order chi connectivity index (χ1) is 16.0. The standard InChI is InChI=1S/C25H22BrN3O4/c26-21-14-19(16-4-2-1-3-5-16)10-13-22(21)33-15-23(30)28-29-25(32)18-8-11-20(12-9-18)27-24(31)17-6-7-17/h1-5,8-14,17H,6-7,15H2,(H,27,31)(H,28,30)(H,29,32). The molecule has 0 heterocycles. The van der Waals surface area contributed by atoms with Gasteiger partial charge >= 0.3 is 0 Å². The Morgan fingerprint density at radius 2 is 1.61 bits per heavy atom. The summed E-state index contributed by atoms with van der Waals surface area (Å²) >= 11 is 3.47. The van der Waals surface area contributed by atoms with E-state index in [-0.39, 0.29) is 18.4 Å². The molecule has 0 spiro atoms. The van der Waals surface area contributed by atoms with Crippen LogP contribution in [-0.4, -0.2) is 24.3 Å². The number of nitrogens with one attached hydrogen (secondary N) is 3. The van der Waals surface area contributed by atoms with Gasteiger partial charge in [-0.3, -0.25) is 25.2 Å². The lowest BCUT2D eigenvalue weighted by Gasteiger charge is -2.11. The summed E-state index contributed by atoms with van der Waals surface area (Å²) in [6.07, 6.45) is 1.84. The number of halogens is 1. The van der Waals surface area contributed by atoms with E-state index < -0.39 is 11.8 Å². The van der Waals surface area contributed by atoms with Gasteiger partial charge < -0.3 is 10.1 Å². The molecule has 3 aromatic carbocycles. The number of hydrogen-bond donors (Lipinski definition) is 3. The Hall–Kier alpha value is -3.65. The highest BCUT2D eigenvalue weighted by Gasteiger charge is 2.29. The summed E-state index contributed by atoms with van der Waals surface area (Å²) in [5.74, 6) is -0.360. The highest BCUT2D eigenvalue weighted by atomic mass is 79.9. The molecule has 0 bridgehead atoms. The molecule has 3 aromatic rings. The fourth-order valence-corrected chi connectivity index (χ4v) is 3.59. The van der Waals surface area contributed by atoms with Gasteiger partial charge in [0.2, 0.25) is 5.91 Å². The Morgan fingerprint density at radius 1 is 0.879 bits per heavy atom. The maximum absolute atomic E-state index is 12.2. The number of ether oxygens (including phenoxy) is 1. The largest absolute Gasteiger partial charge is 0.483 e. The third-order valence-electron chi connectivity index (χ3n) is 5.08. The summed E-state index contributed by atoms with van der Waals surface area (Å²) in [4.78, 5) is 36.1. The van der Waals surface area contributed by atoms with Crippen LogP contribution in [0.25, 0.3) is 11.1 Å². The van der Waals surface area contributed by atoms with Crippen molar-refractivity contribution in [3.63, 3.8) is 0 Å². The van der Waals surface area contributed by atoms with Crippen molar-refractivity contribution in [3.8, 4) is 16.9 Å². The van der Waals surface area contributed by atoms with Gasteiger partial charge in [0.25, 0.3) is 11.8 Å². The lowest BCUT2D eigenvalue weighted by Crippen LogP contribution is -2.43. The Bertz CT molecular complexity index is 1160. The smallest absolute Gasteiger partial charge is 0.276 e. The first-order valence-electron chi connectivity index (χ1n) is 10.5. The third kappa shape index (κ3) is 6.20. The molecule has 33 heavy (non-hydrogen) atoms. The van der Waals surface area contributed by atoms with Crippen LogP contribution in [0.5, 0.6) is 5.75 Å². The van der Waals surface area contributed by atoms with Gasteiger partial charge in [-0.2, -0.15) is 0 Å². The van der Waals surface area contributed by atoms with Gasteiger partial charge in [-0.15, -0.1) is 0 Å². The number of hydrazine groups is 1. The van der Waals surface area contributed by atoms with E-state index in [1.54, 1.807) is 30.3 Å². The second kappa shape index (κ2) is 10.3. The van der Waals surface area contributed by atoms with Crippen molar-refractivity contribution in [1.82, 2.24) is 10.9 Å². The van der Waals surface area contributed by atoms with E-state index in [1.165, 1.54) is 0 Å². The minimum absolute atomic E-state index is 0.000747. The number of carbonyl (C=O) groups excluding carboxylic acids is 3. The molecule has 1 fully saturated rings. The van der Waals surface area contributed by atoms with Gasteiger partial charge in [0.15, 0.2) is 6.61 Å². The molecular formula is C25H22BrN3O4. The van der Waals surface area contributed by atoms with E-state index in [1.807, 2.05) is 42.5 Å². The monoisotopic (exact) mass is 507 g/mol. The van der Waals surface area contributed by atoms with Crippen LogP contribution < -0.4 is 20.9 Å². The van der Waals surface area contributed by atoms with Crippen LogP contribution in [-0.2, 0) is 9.59 Å². The van der Waals surface area contributed by atoms with Gasteiger partial charge in [0.05, 0.1) is 4.47 Å². The SMILES string of the molecule is O=C(COc1ccc(-c2ccccc2)cc1Br)NNC(=O)c1ccc(NC(=O)C2CC2)cc1. The quantitative estimate of drug-likeness (QED) is 0.415. The molecule has 1 aliphatic carbocycles. The highest BCUT2D eigenvalue weighted by Crippen LogP contribution is 2.31. The van der Waals surface area contributed by atoms with E-state index in [0.29, 0.717) is 17.0 Å². The maximum atomic E-state index is 12.2. The molecule has 1 aliphatic rings. The van der Waals surface area contributed by atoms with E-state index in [2.05, 4.69) is 32.1 Å². The Labute approximate surface area is 199 Å². The zero-order valence-electron chi connectivity index (χ0n) is 17.6.